The summed E-state index contributed by atoms with van der Waals surface area (Å²) in [6.45, 7) is 0.110. The topological polar surface area (TPSA) is 290 Å². The molecule has 0 saturated carbocycles. The van der Waals surface area contributed by atoms with Crippen LogP contribution in [0.1, 0.15) is 38.5 Å². The predicted octanol–water partition coefficient (Wildman–Crippen LogP) is -3.43. The molecule has 0 aliphatic carbocycles. The Morgan fingerprint density at radius 3 is 1.75 bits per heavy atom. The average molecular weight is 536 g/mol. The number of nitrogens with one attached hydrogen (secondary N) is 3. The zero-order chi connectivity index (χ0) is 27.8. The Morgan fingerprint density at radius 2 is 1.25 bits per heavy atom. The number of carboxylic acids is 3. The summed E-state index contributed by atoms with van der Waals surface area (Å²) in [5, 5.41) is 33.8. The average Bonchev–Trinajstić information content (AvgIpc) is 2.79. The lowest BCUT2D eigenvalue weighted by molar-refractivity contribution is -0.143. The molecule has 0 heterocycles. The van der Waals surface area contributed by atoms with Crippen LogP contribution in [-0.2, 0) is 28.8 Å². The van der Waals surface area contributed by atoms with Gasteiger partial charge in [0, 0.05) is 25.1 Å². The van der Waals surface area contributed by atoms with Gasteiger partial charge in [-0.15, -0.1) is 0 Å². The van der Waals surface area contributed by atoms with Crippen LogP contribution in [0.2, 0.25) is 0 Å². The number of hydrogen-bond donors (Lipinski definition) is 10. The second kappa shape index (κ2) is 16.9. The fourth-order valence-corrected chi connectivity index (χ4v) is 2.98. The van der Waals surface area contributed by atoms with Gasteiger partial charge in [-0.3, -0.25) is 29.0 Å². The third-order valence-corrected chi connectivity index (χ3v) is 5.03. The molecule has 0 spiro atoms. The minimum absolute atomic E-state index is 0.0546. The van der Waals surface area contributed by atoms with Crippen molar-refractivity contribution in [1.82, 2.24) is 16.0 Å². The summed E-state index contributed by atoms with van der Waals surface area (Å²) < 4.78 is 0. The van der Waals surface area contributed by atoms with Crippen molar-refractivity contribution in [3.05, 3.63) is 0 Å². The van der Waals surface area contributed by atoms with Crippen LogP contribution >= 0.6 is 12.6 Å². The predicted molar refractivity (Wildman–Crippen MR) is 129 cm³/mol. The van der Waals surface area contributed by atoms with E-state index < -0.39 is 66.2 Å². The molecule has 0 aromatic carbocycles. The molecular formula is C19H33N7O9S. The summed E-state index contributed by atoms with van der Waals surface area (Å²) in [6, 6.07) is -5.35. The Balaban J connectivity index is 5.31. The monoisotopic (exact) mass is 535 g/mol. The summed E-state index contributed by atoms with van der Waals surface area (Å²) in [5.41, 5.74) is 16.0. The Labute approximate surface area is 211 Å². The first kappa shape index (κ1) is 32.4. The molecule has 16 nitrogen and oxygen atoms in total. The van der Waals surface area contributed by atoms with Crippen molar-refractivity contribution in [2.24, 2.45) is 22.2 Å². The lowest BCUT2D eigenvalue weighted by Crippen LogP contribution is -2.57. The van der Waals surface area contributed by atoms with Crippen molar-refractivity contribution < 1.29 is 44.1 Å². The van der Waals surface area contributed by atoms with E-state index in [2.05, 4.69) is 33.6 Å². The number of aliphatic imine (C=N–C) groups is 1. The molecule has 12 N–H and O–H groups in total. The quantitative estimate of drug-likeness (QED) is 0.0355. The van der Waals surface area contributed by atoms with E-state index in [4.69, 9.17) is 27.4 Å². The highest BCUT2D eigenvalue weighted by Gasteiger charge is 2.30. The fourth-order valence-electron chi connectivity index (χ4n) is 2.73. The Bertz CT molecular complexity index is 836. The van der Waals surface area contributed by atoms with Crippen molar-refractivity contribution in [3.8, 4) is 0 Å². The minimum Gasteiger partial charge on any atom is -0.481 e. The molecule has 0 saturated heterocycles. The van der Waals surface area contributed by atoms with E-state index in [1.54, 1.807) is 0 Å². The number of carbonyl (C=O) groups is 6. The van der Waals surface area contributed by atoms with Crippen LogP contribution in [0, 0.1) is 0 Å². The zero-order valence-corrected chi connectivity index (χ0v) is 20.3. The van der Waals surface area contributed by atoms with Crippen molar-refractivity contribution in [2.75, 3.05) is 12.3 Å². The van der Waals surface area contributed by atoms with Gasteiger partial charge in [-0.2, -0.15) is 12.6 Å². The van der Waals surface area contributed by atoms with Crippen LogP contribution in [-0.4, -0.2) is 93.4 Å². The number of carboxylic acid groups (broad SMARTS) is 3. The standard InChI is InChI=1S/C19H33N7O9S/c20-9(3-5-13(27)28)15(31)26-12(8-36)17(33)24-10(4-6-14(29)30)16(32)25-11(18(34)35)2-1-7-23-19(21)22/h9-12,36H,1-8,20H2,(H,24,33)(H,25,32)(H,26,31)(H,27,28)(H,29,30)(H,34,35)(H4,21,22,23). The van der Waals surface area contributed by atoms with Crippen LogP contribution in [0.3, 0.4) is 0 Å². The summed E-state index contributed by atoms with van der Waals surface area (Å²) in [4.78, 5) is 74.4. The van der Waals surface area contributed by atoms with Gasteiger partial charge in [-0.05, 0) is 25.7 Å². The number of thiol groups is 1. The number of rotatable bonds is 18. The molecular weight excluding hydrogens is 502 g/mol. The zero-order valence-electron chi connectivity index (χ0n) is 19.4. The van der Waals surface area contributed by atoms with E-state index in [0.717, 1.165) is 0 Å². The maximum Gasteiger partial charge on any atom is 0.326 e. The van der Waals surface area contributed by atoms with Gasteiger partial charge in [-0.1, -0.05) is 0 Å². The maximum absolute atomic E-state index is 12.7. The molecule has 0 bridgehead atoms. The van der Waals surface area contributed by atoms with Gasteiger partial charge in [0.1, 0.15) is 18.1 Å². The van der Waals surface area contributed by atoms with Gasteiger partial charge < -0.3 is 48.5 Å². The normalized spacial score (nSPS) is 13.8. The second-order valence-electron chi connectivity index (χ2n) is 7.62. The molecule has 0 aromatic rings. The second-order valence-corrected chi connectivity index (χ2v) is 7.99. The number of guanidine groups is 1. The highest BCUT2D eigenvalue weighted by atomic mass is 32.1. The molecule has 4 unspecified atom stereocenters. The Hall–Kier alpha value is -3.60. The lowest BCUT2D eigenvalue weighted by Gasteiger charge is -2.24. The van der Waals surface area contributed by atoms with Gasteiger partial charge in [0.05, 0.1) is 6.04 Å². The first-order chi connectivity index (χ1) is 16.8. The summed E-state index contributed by atoms with van der Waals surface area (Å²) in [7, 11) is 0. The maximum atomic E-state index is 12.7. The van der Waals surface area contributed by atoms with Crippen molar-refractivity contribution in [3.63, 3.8) is 0 Å². The number of aliphatic carboxylic acids is 3. The third-order valence-electron chi connectivity index (χ3n) is 4.66. The van der Waals surface area contributed by atoms with Crippen LogP contribution < -0.4 is 33.2 Å². The molecule has 17 heteroatoms. The first-order valence-electron chi connectivity index (χ1n) is 10.8. The van der Waals surface area contributed by atoms with Gasteiger partial charge in [-0.25, -0.2) is 4.79 Å². The molecule has 36 heavy (non-hydrogen) atoms. The molecule has 4 atom stereocenters. The molecule has 0 radical (unpaired) electrons. The van der Waals surface area contributed by atoms with E-state index in [1.807, 2.05) is 0 Å². The van der Waals surface area contributed by atoms with Crippen molar-refractivity contribution >= 4 is 54.2 Å². The molecule has 0 aliphatic rings. The van der Waals surface area contributed by atoms with Crippen molar-refractivity contribution in [2.45, 2.75) is 62.7 Å². The number of hydrogen-bond acceptors (Lipinski definition) is 9. The number of nitrogens with two attached hydrogens (primary N) is 3. The Kier molecular flexibility index (Phi) is 15.2. The molecule has 0 aromatic heterocycles. The van der Waals surface area contributed by atoms with E-state index in [9.17, 15) is 33.9 Å². The largest absolute Gasteiger partial charge is 0.481 e. The first-order valence-corrected chi connectivity index (χ1v) is 11.4. The van der Waals surface area contributed by atoms with Crippen LogP contribution in [0.15, 0.2) is 4.99 Å². The van der Waals surface area contributed by atoms with Crippen LogP contribution in [0.25, 0.3) is 0 Å². The van der Waals surface area contributed by atoms with Gasteiger partial charge >= 0.3 is 17.9 Å². The summed E-state index contributed by atoms with van der Waals surface area (Å²) in [5.74, 6) is -6.91. The highest BCUT2D eigenvalue weighted by Crippen LogP contribution is 2.05. The summed E-state index contributed by atoms with van der Waals surface area (Å²) >= 11 is 3.98. The smallest absolute Gasteiger partial charge is 0.326 e. The van der Waals surface area contributed by atoms with Gasteiger partial charge in [0.25, 0.3) is 0 Å². The molecule has 0 fully saturated rings. The fraction of sp³-hybridized carbons (Fsp3) is 0.632. The van der Waals surface area contributed by atoms with Crippen LogP contribution in [0.5, 0.6) is 0 Å². The minimum atomic E-state index is -1.45. The van der Waals surface area contributed by atoms with E-state index in [0.29, 0.717) is 0 Å². The highest BCUT2D eigenvalue weighted by molar-refractivity contribution is 7.80. The lowest BCUT2D eigenvalue weighted by atomic mass is 10.1. The molecule has 0 rings (SSSR count). The van der Waals surface area contributed by atoms with Crippen LogP contribution in [0.4, 0.5) is 0 Å². The summed E-state index contributed by atoms with van der Waals surface area (Å²) in [6.07, 6.45) is -1.32. The van der Waals surface area contributed by atoms with Gasteiger partial charge in [0.2, 0.25) is 17.7 Å². The van der Waals surface area contributed by atoms with Crippen molar-refractivity contribution in [1.29, 1.82) is 0 Å². The van der Waals surface area contributed by atoms with E-state index in [-0.39, 0.29) is 50.4 Å². The van der Waals surface area contributed by atoms with E-state index in [1.165, 1.54) is 0 Å². The number of amides is 3. The molecule has 0 aliphatic heterocycles. The van der Waals surface area contributed by atoms with Gasteiger partial charge in [0.15, 0.2) is 5.96 Å². The number of carbonyl (C=O) groups excluding carboxylic acids is 3. The number of nitrogens with zero attached hydrogens (tertiary/aromatic N) is 1. The Morgan fingerprint density at radius 1 is 0.750 bits per heavy atom. The van der Waals surface area contributed by atoms with E-state index >= 15 is 0 Å². The molecule has 204 valence electrons. The third kappa shape index (κ3) is 14.0. The molecule has 3 amide bonds. The SMILES string of the molecule is NC(N)=NCCCC(NC(=O)C(CCC(=O)O)NC(=O)C(CS)NC(=O)C(N)CCC(=O)O)C(=O)O.